The predicted molar refractivity (Wildman–Crippen MR) is 83.0 cm³/mol. The van der Waals surface area contributed by atoms with Crippen molar-refractivity contribution in [1.29, 1.82) is 0 Å². The SMILES string of the molecule is Cc1c(C(=O)N(C)Cc2ncc[nH]2)oc2ccc(Br)cc12. The number of carbonyl (C=O) groups is 1. The van der Waals surface area contributed by atoms with Gasteiger partial charge in [-0.15, -0.1) is 0 Å². The van der Waals surface area contributed by atoms with Crippen molar-refractivity contribution in [2.45, 2.75) is 13.5 Å². The highest BCUT2D eigenvalue weighted by atomic mass is 79.9. The number of amides is 1. The lowest BCUT2D eigenvalue weighted by Gasteiger charge is -2.14. The number of benzene rings is 1. The van der Waals surface area contributed by atoms with E-state index in [1.54, 1.807) is 24.3 Å². The fourth-order valence-corrected chi connectivity index (χ4v) is 2.61. The molecule has 2 heterocycles. The average molecular weight is 348 g/mol. The second-order valence-corrected chi connectivity index (χ2v) is 5.81. The molecule has 0 saturated carbocycles. The van der Waals surface area contributed by atoms with Crippen LogP contribution in [0.3, 0.4) is 0 Å². The van der Waals surface area contributed by atoms with Gasteiger partial charge < -0.3 is 14.3 Å². The Morgan fingerprint density at radius 1 is 1.48 bits per heavy atom. The summed E-state index contributed by atoms with van der Waals surface area (Å²) >= 11 is 3.43. The molecule has 3 rings (SSSR count). The molecule has 1 amide bonds. The van der Waals surface area contributed by atoms with Gasteiger partial charge in [-0.1, -0.05) is 15.9 Å². The fourth-order valence-electron chi connectivity index (χ4n) is 2.25. The number of imidazole rings is 1. The molecule has 0 spiro atoms. The highest BCUT2D eigenvalue weighted by Crippen LogP contribution is 2.28. The molecule has 6 heteroatoms. The minimum absolute atomic E-state index is 0.156. The van der Waals surface area contributed by atoms with Crippen LogP contribution in [0.15, 0.2) is 39.5 Å². The van der Waals surface area contributed by atoms with Crippen LogP contribution in [0.2, 0.25) is 0 Å². The second-order valence-electron chi connectivity index (χ2n) is 4.89. The molecule has 0 aliphatic rings. The summed E-state index contributed by atoms with van der Waals surface area (Å²) < 4.78 is 6.67. The number of rotatable bonds is 3. The molecule has 0 aliphatic carbocycles. The summed E-state index contributed by atoms with van der Waals surface area (Å²) in [5.74, 6) is 0.954. The fraction of sp³-hybridized carbons (Fsp3) is 0.200. The van der Waals surface area contributed by atoms with Gasteiger partial charge in [0.15, 0.2) is 5.76 Å². The Morgan fingerprint density at radius 2 is 2.29 bits per heavy atom. The van der Waals surface area contributed by atoms with Crippen LogP contribution in [0.4, 0.5) is 0 Å². The van der Waals surface area contributed by atoms with E-state index in [1.165, 1.54) is 0 Å². The number of fused-ring (bicyclic) bond motifs is 1. The molecule has 21 heavy (non-hydrogen) atoms. The zero-order valence-electron chi connectivity index (χ0n) is 11.7. The molecular weight excluding hydrogens is 334 g/mol. The Kier molecular flexibility index (Phi) is 3.55. The van der Waals surface area contributed by atoms with Crippen LogP contribution in [0, 0.1) is 6.92 Å². The lowest BCUT2D eigenvalue weighted by atomic mass is 10.1. The summed E-state index contributed by atoms with van der Waals surface area (Å²) in [6.07, 6.45) is 3.40. The number of carbonyl (C=O) groups excluding carboxylic acids is 1. The Hall–Kier alpha value is -2.08. The maximum atomic E-state index is 12.5. The van der Waals surface area contributed by atoms with Crippen molar-refractivity contribution in [3.8, 4) is 0 Å². The summed E-state index contributed by atoms with van der Waals surface area (Å²) in [6.45, 7) is 2.30. The average Bonchev–Trinajstić information content (AvgIpc) is 3.07. The maximum absolute atomic E-state index is 12.5. The molecule has 2 aromatic heterocycles. The number of nitrogens with zero attached hydrogens (tertiary/aromatic N) is 2. The molecule has 5 nitrogen and oxygen atoms in total. The molecule has 0 aliphatic heterocycles. The van der Waals surface area contributed by atoms with Crippen molar-refractivity contribution in [1.82, 2.24) is 14.9 Å². The molecular formula is C15H14BrN3O2. The lowest BCUT2D eigenvalue weighted by molar-refractivity contribution is 0.0751. The van der Waals surface area contributed by atoms with E-state index in [2.05, 4.69) is 25.9 Å². The van der Waals surface area contributed by atoms with Crippen LogP contribution in [0.25, 0.3) is 11.0 Å². The van der Waals surface area contributed by atoms with Crippen molar-refractivity contribution >= 4 is 32.8 Å². The Bertz CT molecular complexity index is 793. The molecule has 1 N–H and O–H groups in total. The van der Waals surface area contributed by atoms with Crippen LogP contribution in [0.5, 0.6) is 0 Å². The van der Waals surface area contributed by atoms with Crippen LogP contribution in [0.1, 0.15) is 21.9 Å². The van der Waals surface area contributed by atoms with Gasteiger partial charge in [-0.05, 0) is 25.1 Å². The lowest BCUT2D eigenvalue weighted by Crippen LogP contribution is -2.26. The van der Waals surface area contributed by atoms with Crippen LogP contribution < -0.4 is 0 Å². The summed E-state index contributed by atoms with van der Waals surface area (Å²) in [6, 6.07) is 5.71. The number of aromatic nitrogens is 2. The first-order valence-electron chi connectivity index (χ1n) is 6.48. The Balaban J connectivity index is 1.92. The number of H-pyrrole nitrogens is 1. The molecule has 108 valence electrons. The number of hydrogen-bond acceptors (Lipinski definition) is 3. The molecule has 0 unspecified atom stereocenters. The van der Waals surface area contributed by atoms with Gasteiger partial charge in [-0.3, -0.25) is 4.79 Å². The van der Waals surface area contributed by atoms with Crippen LogP contribution in [-0.4, -0.2) is 27.8 Å². The zero-order chi connectivity index (χ0) is 15.0. The molecule has 0 fully saturated rings. The number of hydrogen-bond donors (Lipinski definition) is 1. The van der Waals surface area contributed by atoms with Gasteiger partial charge in [-0.2, -0.15) is 0 Å². The number of furan rings is 1. The molecule has 0 radical (unpaired) electrons. The second kappa shape index (κ2) is 5.37. The Labute approximate surface area is 130 Å². The number of aromatic amines is 1. The summed E-state index contributed by atoms with van der Waals surface area (Å²) in [5.41, 5.74) is 1.56. The number of halogens is 1. The zero-order valence-corrected chi connectivity index (χ0v) is 13.3. The quantitative estimate of drug-likeness (QED) is 0.788. The summed E-state index contributed by atoms with van der Waals surface area (Å²) in [5, 5.41) is 0.944. The smallest absolute Gasteiger partial charge is 0.290 e. The highest BCUT2D eigenvalue weighted by molar-refractivity contribution is 9.10. The van der Waals surface area contributed by atoms with E-state index in [9.17, 15) is 4.79 Å². The van der Waals surface area contributed by atoms with E-state index in [0.717, 1.165) is 21.2 Å². The first-order chi connectivity index (χ1) is 10.1. The van der Waals surface area contributed by atoms with Crippen molar-refractivity contribution in [2.24, 2.45) is 0 Å². The van der Waals surface area contributed by atoms with Gasteiger partial charge in [0.25, 0.3) is 5.91 Å². The molecule has 1 aromatic carbocycles. The third-order valence-electron chi connectivity index (χ3n) is 3.38. The van der Waals surface area contributed by atoms with Gasteiger partial charge in [0.2, 0.25) is 0 Å². The van der Waals surface area contributed by atoms with E-state index in [-0.39, 0.29) is 5.91 Å². The van der Waals surface area contributed by atoms with Crippen LogP contribution in [-0.2, 0) is 6.54 Å². The van der Waals surface area contributed by atoms with Crippen LogP contribution >= 0.6 is 15.9 Å². The topological polar surface area (TPSA) is 62.1 Å². The van der Waals surface area contributed by atoms with Crippen molar-refractivity contribution in [2.75, 3.05) is 7.05 Å². The standard InChI is InChI=1S/C15H14BrN3O2/c1-9-11-7-10(16)3-4-12(11)21-14(9)15(20)19(2)8-13-17-5-6-18-13/h3-7H,8H2,1-2H3,(H,17,18). The van der Waals surface area contributed by atoms with Crippen molar-refractivity contribution in [3.05, 3.63) is 52.2 Å². The first-order valence-corrected chi connectivity index (χ1v) is 7.28. The maximum Gasteiger partial charge on any atom is 0.290 e. The van der Waals surface area contributed by atoms with E-state index in [0.29, 0.717) is 17.9 Å². The van der Waals surface area contributed by atoms with Gasteiger partial charge in [0, 0.05) is 34.9 Å². The Morgan fingerprint density at radius 3 is 3.00 bits per heavy atom. The summed E-state index contributed by atoms with van der Waals surface area (Å²) in [4.78, 5) is 21.2. The molecule has 0 saturated heterocycles. The monoisotopic (exact) mass is 347 g/mol. The number of aryl methyl sites for hydroxylation is 1. The molecule has 0 atom stereocenters. The largest absolute Gasteiger partial charge is 0.451 e. The minimum Gasteiger partial charge on any atom is -0.451 e. The van der Waals surface area contributed by atoms with Gasteiger partial charge in [-0.25, -0.2) is 4.98 Å². The van der Waals surface area contributed by atoms with E-state index < -0.39 is 0 Å². The van der Waals surface area contributed by atoms with E-state index >= 15 is 0 Å². The van der Waals surface area contributed by atoms with Gasteiger partial charge in [0.05, 0.1) is 6.54 Å². The summed E-state index contributed by atoms with van der Waals surface area (Å²) in [7, 11) is 1.73. The molecule has 0 bridgehead atoms. The minimum atomic E-state index is -0.156. The third-order valence-corrected chi connectivity index (χ3v) is 3.87. The number of nitrogens with one attached hydrogen (secondary N) is 1. The van der Waals surface area contributed by atoms with Crippen molar-refractivity contribution in [3.63, 3.8) is 0 Å². The normalized spacial score (nSPS) is 11.0. The first kappa shape index (κ1) is 13.9. The van der Waals surface area contributed by atoms with Gasteiger partial charge in [0.1, 0.15) is 11.4 Å². The predicted octanol–water partition coefficient (Wildman–Crippen LogP) is 3.50. The molecule has 3 aromatic rings. The highest BCUT2D eigenvalue weighted by Gasteiger charge is 2.21. The third kappa shape index (κ3) is 2.58. The van der Waals surface area contributed by atoms with Crippen molar-refractivity contribution < 1.29 is 9.21 Å². The van der Waals surface area contributed by atoms with E-state index in [1.807, 2.05) is 25.1 Å². The van der Waals surface area contributed by atoms with E-state index in [4.69, 9.17) is 4.42 Å². The van der Waals surface area contributed by atoms with Gasteiger partial charge >= 0.3 is 0 Å².